The molecular weight excluding hydrogens is 252 g/mol. The van der Waals surface area contributed by atoms with E-state index in [0.29, 0.717) is 12.0 Å². The predicted octanol–water partition coefficient (Wildman–Crippen LogP) is 3.06. The van der Waals surface area contributed by atoms with E-state index in [1.807, 2.05) is 0 Å². The summed E-state index contributed by atoms with van der Waals surface area (Å²) in [5.74, 6) is -1.07. The lowest BCUT2D eigenvalue weighted by Gasteiger charge is -2.09. The molecule has 1 aromatic heterocycles. The van der Waals surface area contributed by atoms with E-state index in [1.165, 1.54) is 6.07 Å². The molecule has 1 heterocycles. The van der Waals surface area contributed by atoms with E-state index < -0.39 is 11.6 Å². The minimum Gasteiger partial charge on any atom is -0.486 e. The van der Waals surface area contributed by atoms with Crippen LogP contribution in [-0.4, -0.2) is 11.3 Å². The van der Waals surface area contributed by atoms with E-state index in [4.69, 9.17) is 4.74 Å². The largest absolute Gasteiger partial charge is 0.486 e. The van der Waals surface area contributed by atoms with Crippen molar-refractivity contribution in [3.63, 3.8) is 0 Å². The van der Waals surface area contributed by atoms with Crippen LogP contribution in [0.15, 0.2) is 30.3 Å². The minimum absolute atomic E-state index is 0.0995. The van der Waals surface area contributed by atoms with Crippen LogP contribution in [0.5, 0.6) is 5.75 Å². The zero-order chi connectivity index (χ0) is 13.8. The first kappa shape index (κ1) is 13.1. The second-order valence-corrected chi connectivity index (χ2v) is 3.98. The van der Waals surface area contributed by atoms with E-state index in [1.54, 1.807) is 19.1 Å². The fourth-order valence-corrected chi connectivity index (χ4v) is 1.56. The molecular formula is C14H11F2NO2. The molecule has 0 aliphatic carbocycles. The van der Waals surface area contributed by atoms with Crippen LogP contribution in [0.25, 0.3) is 0 Å². The molecule has 0 amide bonds. The van der Waals surface area contributed by atoms with Gasteiger partial charge in [0.2, 0.25) is 0 Å². The molecule has 3 nitrogen and oxygen atoms in total. The molecule has 0 fully saturated rings. The summed E-state index contributed by atoms with van der Waals surface area (Å²) in [6.45, 7) is 1.65. The molecule has 98 valence electrons. The Labute approximate surface area is 108 Å². The van der Waals surface area contributed by atoms with Gasteiger partial charge in [0.1, 0.15) is 29.7 Å². The van der Waals surface area contributed by atoms with Gasteiger partial charge in [-0.2, -0.15) is 0 Å². The number of nitrogens with zero attached hydrogens (tertiary/aromatic N) is 1. The molecule has 0 spiro atoms. The molecule has 0 atom stereocenters. The molecule has 0 saturated carbocycles. The number of carbonyl (C=O) groups excluding carboxylic acids is 1. The lowest BCUT2D eigenvalue weighted by atomic mass is 10.2. The average molecular weight is 263 g/mol. The molecule has 19 heavy (non-hydrogen) atoms. The van der Waals surface area contributed by atoms with E-state index >= 15 is 0 Å². The smallest absolute Gasteiger partial charge is 0.172 e. The summed E-state index contributed by atoms with van der Waals surface area (Å²) in [6.07, 6.45) is 0.573. The number of carbonyl (C=O) groups is 1. The molecule has 1 aromatic carbocycles. The third-order valence-electron chi connectivity index (χ3n) is 2.54. The summed E-state index contributed by atoms with van der Waals surface area (Å²) >= 11 is 0. The first-order valence-corrected chi connectivity index (χ1v) is 5.59. The summed E-state index contributed by atoms with van der Waals surface area (Å²) in [7, 11) is 0. The van der Waals surface area contributed by atoms with E-state index in [0.717, 1.165) is 12.1 Å². The van der Waals surface area contributed by atoms with Crippen molar-refractivity contribution in [2.24, 2.45) is 0 Å². The topological polar surface area (TPSA) is 39.2 Å². The lowest BCUT2D eigenvalue weighted by molar-refractivity contribution is 0.111. The van der Waals surface area contributed by atoms with Gasteiger partial charge in [0.05, 0.1) is 0 Å². The number of benzene rings is 1. The Morgan fingerprint density at radius 2 is 2.05 bits per heavy atom. The molecule has 0 N–H and O–H groups in total. The third-order valence-corrected chi connectivity index (χ3v) is 2.54. The highest BCUT2D eigenvalue weighted by Gasteiger charge is 2.08. The van der Waals surface area contributed by atoms with Crippen LogP contribution in [0, 0.1) is 18.6 Å². The molecule has 0 unspecified atom stereocenters. The van der Waals surface area contributed by atoms with E-state index in [-0.39, 0.29) is 23.6 Å². The van der Waals surface area contributed by atoms with Crippen molar-refractivity contribution in [2.75, 3.05) is 0 Å². The van der Waals surface area contributed by atoms with Gasteiger partial charge < -0.3 is 4.74 Å². The fraction of sp³-hybridized carbons (Fsp3) is 0.143. The maximum atomic E-state index is 13.4. The van der Waals surface area contributed by atoms with Crippen molar-refractivity contribution in [3.8, 4) is 5.75 Å². The van der Waals surface area contributed by atoms with Crippen LogP contribution < -0.4 is 4.74 Å². The maximum absolute atomic E-state index is 13.4. The average Bonchev–Trinajstić information content (AvgIpc) is 2.39. The standard InChI is InChI=1S/C14H11F2NO2/c1-9-2-5-14(13(7-18)17-9)19-8-10-3-4-11(15)6-12(10)16/h2-7H,8H2,1H3. The number of ether oxygens (including phenoxy) is 1. The minimum atomic E-state index is -0.687. The Balaban J connectivity index is 2.16. The Hall–Kier alpha value is -2.30. The zero-order valence-corrected chi connectivity index (χ0v) is 10.2. The number of aldehydes is 1. The Morgan fingerprint density at radius 3 is 2.74 bits per heavy atom. The highest BCUT2D eigenvalue weighted by molar-refractivity contribution is 5.76. The Morgan fingerprint density at radius 1 is 1.26 bits per heavy atom. The molecule has 0 aliphatic heterocycles. The molecule has 0 radical (unpaired) electrons. The van der Waals surface area contributed by atoms with Gasteiger partial charge in [-0.25, -0.2) is 13.8 Å². The summed E-state index contributed by atoms with van der Waals surface area (Å²) in [4.78, 5) is 14.8. The number of rotatable bonds is 4. The van der Waals surface area contributed by atoms with Gasteiger partial charge in [0.15, 0.2) is 6.29 Å². The second kappa shape index (κ2) is 5.56. The normalized spacial score (nSPS) is 10.3. The molecule has 0 aliphatic rings. The van der Waals surface area contributed by atoms with Gasteiger partial charge >= 0.3 is 0 Å². The number of aryl methyl sites for hydroxylation is 1. The van der Waals surface area contributed by atoms with Crippen LogP contribution in [0.1, 0.15) is 21.7 Å². The predicted molar refractivity (Wildman–Crippen MR) is 65.1 cm³/mol. The molecule has 2 rings (SSSR count). The number of aromatic nitrogens is 1. The fourth-order valence-electron chi connectivity index (χ4n) is 1.56. The van der Waals surface area contributed by atoms with Crippen LogP contribution in [0.4, 0.5) is 8.78 Å². The van der Waals surface area contributed by atoms with Crippen molar-refractivity contribution >= 4 is 6.29 Å². The van der Waals surface area contributed by atoms with Gasteiger partial charge in [0, 0.05) is 17.3 Å². The van der Waals surface area contributed by atoms with Gasteiger partial charge in [-0.1, -0.05) is 0 Å². The van der Waals surface area contributed by atoms with Crippen molar-refractivity contribution in [1.29, 1.82) is 0 Å². The van der Waals surface area contributed by atoms with Crippen LogP contribution in [-0.2, 0) is 6.61 Å². The summed E-state index contributed by atoms with van der Waals surface area (Å²) in [5, 5.41) is 0. The summed E-state index contributed by atoms with van der Waals surface area (Å²) < 4.78 is 31.5. The zero-order valence-electron chi connectivity index (χ0n) is 10.2. The number of pyridine rings is 1. The lowest BCUT2D eigenvalue weighted by Crippen LogP contribution is -2.02. The monoisotopic (exact) mass is 263 g/mol. The second-order valence-electron chi connectivity index (χ2n) is 3.98. The van der Waals surface area contributed by atoms with Crippen LogP contribution in [0.2, 0.25) is 0 Å². The summed E-state index contributed by atoms with van der Waals surface area (Å²) in [6, 6.07) is 6.51. The first-order valence-electron chi connectivity index (χ1n) is 5.59. The van der Waals surface area contributed by atoms with Crippen molar-refractivity contribution in [1.82, 2.24) is 4.98 Å². The Kier molecular flexibility index (Phi) is 3.85. The van der Waals surface area contributed by atoms with E-state index in [2.05, 4.69) is 4.98 Å². The van der Waals surface area contributed by atoms with Crippen molar-refractivity contribution in [3.05, 3.63) is 58.9 Å². The van der Waals surface area contributed by atoms with Gasteiger partial charge in [-0.3, -0.25) is 4.79 Å². The first-order chi connectivity index (χ1) is 9.10. The molecule has 0 bridgehead atoms. The quantitative estimate of drug-likeness (QED) is 0.796. The molecule has 5 heteroatoms. The van der Waals surface area contributed by atoms with E-state index in [9.17, 15) is 13.6 Å². The van der Waals surface area contributed by atoms with Gasteiger partial charge in [-0.15, -0.1) is 0 Å². The highest BCUT2D eigenvalue weighted by atomic mass is 19.1. The van der Waals surface area contributed by atoms with Crippen LogP contribution >= 0.6 is 0 Å². The maximum Gasteiger partial charge on any atom is 0.172 e. The van der Waals surface area contributed by atoms with Crippen molar-refractivity contribution < 1.29 is 18.3 Å². The number of hydrogen-bond donors (Lipinski definition) is 0. The molecule has 0 saturated heterocycles. The number of halogens is 2. The number of hydrogen-bond acceptors (Lipinski definition) is 3. The SMILES string of the molecule is Cc1ccc(OCc2ccc(F)cc2F)c(C=O)n1. The third kappa shape index (κ3) is 3.13. The van der Waals surface area contributed by atoms with Crippen LogP contribution in [0.3, 0.4) is 0 Å². The Bertz CT molecular complexity index is 614. The molecule has 2 aromatic rings. The summed E-state index contributed by atoms with van der Waals surface area (Å²) in [5.41, 5.74) is 1.05. The van der Waals surface area contributed by atoms with Gasteiger partial charge in [0.25, 0.3) is 0 Å². The highest BCUT2D eigenvalue weighted by Crippen LogP contribution is 2.18. The van der Waals surface area contributed by atoms with Crippen molar-refractivity contribution in [2.45, 2.75) is 13.5 Å². The van der Waals surface area contributed by atoms with Gasteiger partial charge in [-0.05, 0) is 31.2 Å².